The smallest absolute Gasteiger partial charge is 0.338 e. The lowest BCUT2D eigenvalue weighted by molar-refractivity contribution is -0.151. The number of benzene rings is 1. The van der Waals surface area contributed by atoms with Gasteiger partial charge in [0.1, 0.15) is 11.9 Å². The maximum absolute atomic E-state index is 14.4. The lowest BCUT2D eigenvalue weighted by atomic mass is 9.41. The van der Waals surface area contributed by atoms with Crippen LogP contribution in [0, 0.1) is 51.8 Å². The van der Waals surface area contributed by atoms with E-state index in [0.29, 0.717) is 53.3 Å². The van der Waals surface area contributed by atoms with Gasteiger partial charge in [-0.15, -0.1) is 0 Å². The van der Waals surface area contributed by atoms with Gasteiger partial charge in [0.05, 0.1) is 11.0 Å². The molecule has 3 heteroatoms. The normalized spacial score (nSPS) is 39.5. The summed E-state index contributed by atoms with van der Waals surface area (Å²) in [6.07, 6.45) is 14.0. The topological polar surface area (TPSA) is 43.4 Å². The Kier molecular flexibility index (Phi) is 7.53. The Morgan fingerprint density at radius 2 is 1.72 bits per heavy atom. The van der Waals surface area contributed by atoms with Crippen LogP contribution in [0.4, 0.5) is 0 Å². The van der Waals surface area contributed by atoms with Crippen molar-refractivity contribution in [3.05, 3.63) is 59.7 Å². The zero-order chi connectivity index (χ0) is 28.2. The first-order valence-electron chi connectivity index (χ1n) is 15.6. The molecule has 0 saturated heterocycles. The molecule has 1 aromatic rings. The molecule has 0 amide bonds. The lowest BCUT2D eigenvalue weighted by Crippen LogP contribution is -2.60. The van der Waals surface area contributed by atoms with Crippen LogP contribution < -0.4 is 0 Å². The number of carbonyl (C=O) groups excluding carboxylic acids is 2. The molecule has 4 aliphatic carbocycles. The largest absolute Gasteiger partial charge is 0.459 e. The van der Waals surface area contributed by atoms with Crippen molar-refractivity contribution < 1.29 is 14.3 Å². The zero-order valence-corrected chi connectivity index (χ0v) is 25.3. The molecule has 0 aliphatic heterocycles. The van der Waals surface area contributed by atoms with Gasteiger partial charge in [-0.1, -0.05) is 83.5 Å². The number of allylic oxidation sites excluding steroid dienone is 4. The van der Waals surface area contributed by atoms with Gasteiger partial charge in [-0.3, -0.25) is 4.79 Å². The first-order chi connectivity index (χ1) is 18.4. The van der Waals surface area contributed by atoms with Gasteiger partial charge in [0.15, 0.2) is 0 Å². The van der Waals surface area contributed by atoms with E-state index in [1.807, 2.05) is 30.3 Å². The number of carbonyl (C=O) groups is 2. The van der Waals surface area contributed by atoms with E-state index < -0.39 is 5.41 Å². The summed E-state index contributed by atoms with van der Waals surface area (Å²) >= 11 is 0. The Hall–Kier alpha value is -2.16. The van der Waals surface area contributed by atoms with Crippen molar-refractivity contribution in [1.82, 2.24) is 0 Å². The van der Waals surface area contributed by atoms with E-state index in [1.54, 1.807) is 0 Å². The first kappa shape index (κ1) is 28.4. The summed E-state index contributed by atoms with van der Waals surface area (Å²) in [7, 11) is 0. The van der Waals surface area contributed by atoms with Gasteiger partial charge in [0.2, 0.25) is 0 Å². The van der Waals surface area contributed by atoms with Crippen molar-refractivity contribution in [3.8, 4) is 0 Å². The Labute approximate surface area is 236 Å². The van der Waals surface area contributed by atoms with Crippen LogP contribution >= 0.6 is 0 Å². The third kappa shape index (κ3) is 4.56. The highest BCUT2D eigenvalue weighted by molar-refractivity contribution is 5.91. The van der Waals surface area contributed by atoms with Crippen LogP contribution in [0.3, 0.4) is 0 Å². The Morgan fingerprint density at radius 1 is 1.00 bits per heavy atom. The summed E-state index contributed by atoms with van der Waals surface area (Å²) in [6.45, 7) is 16.4. The highest BCUT2D eigenvalue weighted by Gasteiger charge is 2.66. The van der Waals surface area contributed by atoms with Gasteiger partial charge in [-0.05, 0) is 104 Å². The number of ether oxygens (including phenoxy) is 1. The minimum absolute atomic E-state index is 0.0405. The van der Waals surface area contributed by atoms with Gasteiger partial charge in [-0.25, -0.2) is 4.79 Å². The van der Waals surface area contributed by atoms with Crippen LogP contribution in [0.5, 0.6) is 0 Å². The van der Waals surface area contributed by atoms with E-state index in [2.05, 4.69) is 66.7 Å². The number of rotatable bonds is 6. The number of ketones is 1. The molecule has 0 spiro atoms. The molecule has 3 nitrogen and oxygen atoms in total. The molecule has 5 rings (SSSR count). The highest BCUT2D eigenvalue weighted by atomic mass is 16.5. The molecule has 3 saturated carbocycles. The second kappa shape index (κ2) is 10.3. The maximum Gasteiger partial charge on any atom is 0.338 e. The summed E-state index contributed by atoms with van der Waals surface area (Å²) < 4.78 is 6.00. The predicted molar refractivity (Wildman–Crippen MR) is 158 cm³/mol. The second-order valence-electron chi connectivity index (χ2n) is 14.5. The van der Waals surface area contributed by atoms with Crippen molar-refractivity contribution >= 4 is 11.8 Å². The van der Waals surface area contributed by atoms with Gasteiger partial charge in [-0.2, -0.15) is 0 Å². The number of esters is 1. The molecule has 0 aromatic heterocycles. The average Bonchev–Trinajstić information content (AvgIpc) is 3.25. The molecule has 0 unspecified atom stereocenters. The van der Waals surface area contributed by atoms with E-state index in [0.717, 1.165) is 25.7 Å². The fourth-order valence-electron chi connectivity index (χ4n) is 9.17. The SMILES string of the molecule is CC(C)[C@@H](C)/C=C/[C@@H](C)[C@@H]1CC[C@@H]2C3=CC[C@H]4C[C@H](OC(=O)c5ccccc5)CC[C@@]4(C)[C@@]3(C)C(=O)C[C@]21C. The van der Waals surface area contributed by atoms with Gasteiger partial charge >= 0.3 is 5.97 Å². The van der Waals surface area contributed by atoms with Crippen LogP contribution in [0.1, 0.15) is 104 Å². The molecule has 39 heavy (non-hydrogen) atoms. The monoisotopic (exact) mass is 530 g/mol. The molecule has 3 fully saturated rings. The first-order valence-corrected chi connectivity index (χ1v) is 15.6. The van der Waals surface area contributed by atoms with Crippen molar-refractivity contribution in [3.63, 3.8) is 0 Å². The number of hydrogen-bond acceptors (Lipinski definition) is 3. The third-order valence-electron chi connectivity index (χ3n) is 12.3. The van der Waals surface area contributed by atoms with Crippen molar-refractivity contribution in [2.24, 2.45) is 51.8 Å². The van der Waals surface area contributed by atoms with Crippen LogP contribution in [-0.2, 0) is 9.53 Å². The Bertz CT molecular complexity index is 1150. The van der Waals surface area contributed by atoms with Crippen LogP contribution in [-0.4, -0.2) is 17.9 Å². The van der Waals surface area contributed by atoms with Crippen molar-refractivity contribution in [1.29, 1.82) is 0 Å². The Morgan fingerprint density at radius 3 is 2.41 bits per heavy atom. The molecule has 0 bridgehead atoms. The molecule has 4 aliphatic rings. The summed E-state index contributed by atoms with van der Waals surface area (Å²) in [6, 6.07) is 9.31. The predicted octanol–water partition coefficient (Wildman–Crippen LogP) is 8.84. The molecule has 1 aromatic carbocycles. The average molecular weight is 531 g/mol. The van der Waals surface area contributed by atoms with Gasteiger partial charge < -0.3 is 4.74 Å². The fourth-order valence-corrected chi connectivity index (χ4v) is 9.17. The summed E-state index contributed by atoms with van der Waals surface area (Å²) in [5, 5.41) is 0. The lowest BCUT2D eigenvalue weighted by Gasteiger charge is -2.62. The van der Waals surface area contributed by atoms with Gasteiger partial charge in [0, 0.05) is 6.42 Å². The molecular weight excluding hydrogens is 480 g/mol. The van der Waals surface area contributed by atoms with E-state index >= 15 is 0 Å². The highest BCUT2D eigenvalue weighted by Crippen LogP contribution is 2.70. The Balaban J connectivity index is 1.36. The minimum Gasteiger partial charge on any atom is -0.459 e. The molecule has 0 heterocycles. The van der Waals surface area contributed by atoms with E-state index in [1.165, 1.54) is 18.4 Å². The zero-order valence-electron chi connectivity index (χ0n) is 25.3. The second-order valence-corrected chi connectivity index (χ2v) is 14.5. The number of hydrogen-bond donors (Lipinski definition) is 0. The van der Waals surface area contributed by atoms with Crippen molar-refractivity contribution in [2.45, 2.75) is 99.5 Å². The third-order valence-corrected chi connectivity index (χ3v) is 12.3. The molecule has 0 radical (unpaired) electrons. The molecule has 9 atom stereocenters. The number of Topliss-reactive ketones (excluding diaryl/α,β-unsaturated/α-hetero) is 1. The van der Waals surface area contributed by atoms with E-state index in [4.69, 9.17) is 4.74 Å². The molecule has 212 valence electrons. The quantitative estimate of drug-likeness (QED) is 0.272. The summed E-state index contributed by atoms with van der Waals surface area (Å²) in [4.78, 5) is 27.1. The van der Waals surface area contributed by atoms with E-state index in [-0.39, 0.29) is 22.9 Å². The maximum atomic E-state index is 14.4. The number of fused-ring (bicyclic) bond motifs is 5. The molecule has 0 N–H and O–H groups in total. The van der Waals surface area contributed by atoms with Crippen LogP contribution in [0.25, 0.3) is 0 Å². The van der Waals surface area contributed by atoms with Crippen LogP contribution in [0.15, 0.2) is 54.1 Å². The summed E-state index contributed by atoms with van der Waals surface area (Å²) in [5.74, 6) is 3.34. The standard InChI is InChI=1S/C36H50O3/c1-23(2)24(3)13-14-25(4)29-17-18-30-31-16-15-27-21-28(39-33(38)26-11-9-8-10-12-26)19-20-35(27,6)36(31,7)32(37)22-34(29,30)5/h8-14,16,23-25,27-30H,15,17-22H2,1-7H3/b14-13+/t24-,25+,27-,28+,29-,30+,34-,35+,36+/m0/s1. The van der Waals surface area contributed by atoms with E-state index in [9.17, 15) is 9.59 Å². The van der Waals surface area contributed by atoms with Crippen LogP contribution in [0.2, 0.25) is 0 Å². The fraction of sp³-hybridized carbons (Fsp3) is 0.667. The summed E-state index contributed by atoms with van der Waals surface area (Å²) in [5.41, 5.74) is 1.62. The minimum atomic E-state index is -0.408. The molecular formula is C36H50O3. The van der Waals surface area contributed by atoms with Gasteiger partial charge in [0.25, 0.3) is 0 Å². The van der Waals surface area contributed by atoms with Crippen molar-refractivity contribution in [2.75, 3.05) is 0 Å².